The molecule has 1 unspecified atom stereocenters. The van der Waals surface area contributed by atoms with Crippen molar-refractivity contribution in [3.63, 3.8) is 0 Å². The minimum atomic E-state index is -0.376. The number of allylic oxidation sites excluding steroid dienone is 1. The van der Waals surface area contributed by atoms with Gasteiger partial charge in [0.05, 0.1) is 0 Å². The van der Waals surface area contributed by atoms with Gasteiger partial charge in [0.1, 0.15) is 11.9 Å². The summed E-state index contributed by atoms with van der Waals surface area (Å²) in [5.74, 6) is 0.308. The van der Waals surface area contributed by atoms with Crippen LogP contribution < -0.4 is 5.73 Å². The van der Waals surface area contributed by atoms with E-state index >= 15 is 0 Å². The van der Waals surface area contributed by atoms with E-state index in [1.807, 2.05) is 43.3 Å². The van der Waals surface area contributed by atoms with Crippen LogP contribution in [0.2, 0.25) is 0 Å². The van der Waals surface area contributed by atoms with Crippen LogP contribution in [0.3, 0.4) is 0 Å². The zero-order valence-electron chi connectivity index (χ0n) is 9.72. The fourth-order valence-corrected chi connectivity index (χ4v) is 1.81. The number of carbonyl (C=O) groups is 1. The van der Waals surface area contributed by atoms with Crippen molar-refractivity contribution >= 4 is 12.0 Å². The standard InChI is InChI=1S/C14H15NO2/c1-10-7-12(14(15)16)9-13(17-10)8-11-5-3-2-4-6-11/h2-6,8-10H,7H2,1H3,(H2,15,16). The molecule has 0 radical (unpaired) electrons. The molecule has 0 bridgehead atoms. The Morgan fingerprint density at radius 3 is 2.76 bits per heavy atom. The number of nitrogens with two attached hydrogens (primary N) is 1. The number of rotatable bonds is 2. The lowest BCUT2D eigenvalue weighted by molar-refractivity contribution is -0.115. The van der Waals surface area contributed by atoms with Gasteiger partial charge in [-0.1, -0.05) is 30.3 Å². The van der Waals surface area contributed by atoms with Crippen molar-refractivity contribution in [3.8, 4) is 0 Å². The molecule has 3 heteroatoms. The summed E-state index contributed by atoms with van der Waals surface area (Å²) in [6.07, 6.45) is 4.17. The molecule has 1 amide bonds. The lowest BCUT2D eigenvalue weighted by atomic mass is 10.0. The maximum atomic E-state index is 11.2. The van der Waals surface area contributed by atoms with Crippen LogP contribution in [0.15, 0.2) is 47.7 Å². The first-order valence-corrected chi connectivity index (χ1v) is 5.59. The third kappa shape index (κ3) is 2.97. The quantitative estimate of drug-likeness (QED) is 0.845. The smallest absolute Gasteiger partial charge is 0.244 e. The van der Waals surface area contributed by atoms with Gasteiger partial charge in [-0.3, -0.25) is 4.79 Å². The fraction of sp³-hybridized carbons (Fsp3) is 0.214. The Morgan fingerprint density at radius 2 is 2.12 bits per heavy atom. The largest absolute Gasteiger partial charge is 0.490 e. The van der Waals surface area contributed by atoms with E-state index in [2.05, 4.69) is 0 Å². The van der Waals surface area contributed by atoms with Crippen molar-refractivity contribution in [3.05, 3.63) is 53.3 Å². The van der Waals surface area contributed by atoms with Crippen molar-refractivity contribution in [2.45, 2.75) is 19.4 Å². The zero-order chi connectivity index (χ0) is 12.3. The number of ether oxygens (including phenoxy) is 1. The van der Waals surface area contributed by atoms with Gasteiger partial charge in [0.15, 0.2) is 0 Å². The Hall–Kier alpha value is -2.03. The van der Waals surface area contributed by atoms with Gasteiger partial charge in [0.2, 0.25) is 5.91 Å². The molecule has 88 valence electrons. The molecule has 1 aromatic rings. The average Bonchev–Trinajstić information content (AvgIpc) is 2.29. The first-order chi connectivity index (χ1) is 8.15. The second kappa shape index (κ2) is 4.87. The molecule has 1 aliphatic rings. The lowest BCUT2D eigenvalue weighted by Gasteiger charge is -2.21. The Balaban J connectivity index is 2.29. The Bertz CT molecular complexity index is 474. The number of benzene rings is 1. The van der Waals surface area contributed by atoms with Gasteiger partial charge in [-0.05, 0) is 24.6 Å². The van der Waals surface area contributed by atoms with E-state index in [9.17, 15) is 4.79 Å². The average molecular weight is 229 g/mol. The monoisotopic (exact) mass is 229 g/mol. The molecule has 1 atom stereocenters. The van der Waals surface area contributed by atoms with Crippen LogP contribution in [0.4, 0.5) is 0 Å². The maximum absolute atomic E-state index is 11.2. The number of carbonyl (C=O) groups excluding carboxylic acids is 1. The Morgan fingerprint density at radius 1 is 1.41 bits per heavy atom. The zero-order valence-corrected chi connectivity index (χ0v) is 9.72. The molecule has 0 fully saturated rings. The first-order valence-electron chi connectivity index (χ1n) is 5.59. The van der Waals surface area contributed by atoms with E-state index in [-0.39, 0.29) is 12.0 Å². The SMILES string of the molecule is CC1CC(C(N)=O)=CC(=Cc2ccccc2)O1. The molecule has 1 heterocycles. The molecule has 3 nitrogen and oxygen atoms in total. The third-order valence-corrected chi connectivity index (χ3v) is 2.59. The van der Waals surface area contributed by atoms with E-state index in [0.717, 1.165) is 5.56 Å². The van der Waals surface area contributed by atoms with Crippen molar-refractivity contribution < 1.29 is 9.53 Å². The van der Waals surface area contributed by atoms with Crippen LogP contribution in [0.5, 0.6) is 0 Å². The highest BCUT2D eigenvalue weighted by Gasteiger charge is 2.18. The van der Waals surface area contributed by atoms with Crippen LogP contribution in [0.25, 0.3) is 6.08 Å². The minimum Gasteiger partial charge on any atom is -0.490 e. The number of hydrogen-bond acceptors (Lipinski definition) is 2. The second-order valence-corrected chi connectivity index (χ2v) is 4.12. The molecule has 0 aliphatic carbocycles. The molecular formula is C14H15NO2. The van der Waals surface area contributed by atoms with E-state index in [1.54, 1.807) is 6.08 Å². The highest BCUT2D eigenvalue weighted by Crippen LogP contribution is 2.22. The van der Waals surface area contributed by atoms with Gasteiger partial charge in [-0.15, -0.1) is 0 Å². The Kier molecular flexibility index (Phi) is 3.28. The maximum Gasteiger partial charge on any atom is 0.244 e. The van der Waals surface area contributed by atoms with Gasteiger partial charge < -0.3 is 10.5 Å². The predicted molar refractivity (Wildman–Crippen MR) is 66.9 cm³/mol. The van der Waals surface area contributed by atoms with E-state index in [4.69, 9.17) is 10.5 Å². The number of amides is 1. The van der Waals surface area contributed by atoms with E-state index < -0.39 is 0 Å². The number of primary amides is 1. The molecule has 0 spiro atoms. The first kappa shape index (κ1) is 11.5. The molecule has 0 aromatic heterocycles. The summed E-state index contributed by atoms with van der Waals surface area (Å²) in [5, 5.41) is 0. The van der Waals surface area contributed by atoms with Gasteiger partial charge in [-0.25, -0.2) is 0 Å². The number of hydrogen-bond donors (Lipinski definition) is 1. The van der Waals surface area contributed by atoms with Gasteiger partial charge >= 0.3 is 0 Å². The topological polar surface area (TPSA) is 52.3 Å². The summed E-state index contributed by atoms with van der Waals surface area (Å²) >= 11 is 0. The fourth-order valence-electron chi connectivity index (χ4n) is 1.81. The summed E-state index contributed by atoms with van der Waals surface area (Å²) in [5.41, 5.74) is 6.95. The van der Waals surface area contributed by atoms with Crippen molar-refractivity contribution in [2.75, 3.05) is 0 Å². The van der Waals surface area contributed by atoms with Crippen LogP contribution in [0, 0.1) is 0 Å². The van der Waals surface area contributed by atoms with Crippen molar-refractivity contribution in [1.29, 1.82) is 0 Å². The van der Waals surface area contributed by atoms with Gasteiger partial charge in [0.25, 0.3) is 0 Å². The molecular weight excluding hydrogens is 214 g/mol. The predicted octanol–water partition coefficient (Wildman–Crippen LogP) is 2.25. The van der Waals surface area contributed by atoms with Gasteiger partial charge in [0, 0.05) is 12.0 Å². The highest BCUT2D eigenvalue weighted by atomic mass is 16.5. The summed E-state index contributed by atoms with van der Waals surface area (Å²) in [6, 6.07) is 9.83. The highest BCUT2D eigenvalue weighted by molar-refractivity contribution is 5.92. The molecule has 2 rings (SSSR count). The van der Waals surface area contributed by atoms with E-state index in [0.29, 0.717) is 17.8 Å². The van der Waals surface area contributed by atoms with Crippen LogP contribution in [-0.4, -0.2) is 12.0 Å². The molecule has 0 saturated carbocycles. The molecule has 2 N–H and O–H groups in total. The Labute approximate surface area is 101 Å². The molecule has 17 heavy (non-hydrogen) atoms. The molecule has 1 aliphatic heterocycles. The molecule has 1 aromatic carbocycles. The summed E-state index contributed by atoms with van der Waals surface area (Å²) in [7, 11) is 0. The summed E-state index contributed by atoms with van der Waals surface area (Å²) in [4.78, 5) is 11.2. The van der Waals surface area contributed by atoms with E-state index in [1.165, 1.54) is 0 Å². The van der Waals surface area contributed by atoms with Crippen LogP contribution in [0.1, 0.15) is 18.9 Å². The normalized spacial score (nSPS) is 21.8. The molecule has 0 saturated heterocycles. The van der Waals surface area contributed by atoms with Crippen molar-refractivity contribution in [1.82, 2.24) is 0 Å². The lowest BCUT2D eigenvalue weighted by Crippen LogP contribution is -2.22. The van der Waals surface area contributed by atoms with Gasteiger partial charge in [-0.2, -0.15) is 0 Å². The second-order valence-electron chi connectivity index (χ2n) is 4.12. The van der Waals surface area contributed by atoms with Crippen molar-refractivity contribution in [2.24, 2.45) is 5.73 Å². The summed E-state index contributed by atoms with van der Waals surface area (Å²) in [6.45, 7) is 1.93. The minimum absolute atomic E-state index is 0.0162. The van der Waals surface area contributed by atoms with Crippen LogP contribution in [-0.2, 0) is 9.53 Å². The third-order valence-electron chi connectivity index (χ3n) is 2.59. The van der Waals surface area contributed by atoms with Crippen LogP contribution >= 0.6 is 0 Å². The summed E-state index contributed by atoms with van der Waals surface area (Å²) < 4.78 is 5.65.